The molecular formula is C42H63N3O8. The van der Waals surface area contributed by atoms with Crippen LogP contribution in [0.5, 0.6) is 17.2 Å². The Morgan fingerprint density at radius 1 is 0.849 bits per heavy atom. The molecule has 11 heteroatoms. The van der Waals surface area contributed by atoms with Gasteiger partial charge in [0, 0.05) is 50.4 Å². The number of allylic oxidation sites excluding steroid dienone is 3. The Kier molecular flexibility index (Phi) is 17.2. The van der Waals surface area contributed by atoms with Gasteiger partial charge < -0.3 is 24.6 Å². The van der Waals surface area contributed by atoms with Crippen LogP contribution in [-0.4, -0.2) is 110 Å². The molecule has 2 N–H and O–H groups in total. The van der Waals surface area contributed by atoms with Crippen molar-refractivity contribution >= 4 is 23.1 Å². The van der Waals surface area contributed by atoms with Crippen molar-refractivity contribution in [3.8, 4) is 17.2 Å². The quantitative estimate of drug-likeness (QED) is 0.0647. The predicted octanol–water partition coefficient (Wildman–Crippen LogP) is 5.40. The van der Waals surface area contributed by atoms with Crippen LogP contribution in [0.15, 0.2) is 35.9 Å². The number of ketones is 4. The van der Waals surface area contributed by atoms with Crippen LogP contribution in [0, 0.1) is 5.92 Å². The molecule has 0 bridgehead atoms. The number of aliphatic hydroxyl groups is 1. The first-order chi connectivity index (χ1) is 25.7. The molecule has 0 spiro atoms. The van der Waals surface area contributed by atoms with E-state index in [0.717, 1.165) is 37.9 Å². The molecule has 4 rings (SSSR count). The van der Waals surface area contributed by atoms with Crippen LogP contribution in [0.25, 0.3) is 0 Å². The Morgan fingerprint density at radius 3 is 2.04 bits per heavy atom. The summed E-state index contributed by atoms with van der Waals surface area (Å²) >= 11 is 0. The topological polar surface area (TPSA) is 135 Å². The summed E-state index contributed by atoms with van der Waals surface area (Å²) in [6, 6.07) is 2.45. The zero-order valence-electron chi connectivity index (χ0n) is 32.6. The summed E-state index contributed by atoms with van der Waals surface area (Å²) in [6.45, 7) is 9.30. The highest BCUT2D eigenvalue weighted by atomic mass is 16.5. The van der Waals surface area contributed by atoms with Gasteiger partial charge in [0.1, 0.15) is 0 Å². The van der Waals surface area contributed by atoms with E-state index in [9.17, 15) is 24.3 Å². The zero-order chi connectivity index (χ0) is 38.3. The van der Waals surface area contributed by atoms with Crippen molar-refractivity contribution in [2.75, 3.05) is 54.1 Å². The zero-order valence-corrected chi connectivity index (χ0v) is 32.6. The normalized spacial score (nSPS) is 21.8. The van der Waals surface area contributed by atoms with E-state index in [1.165, 1.54) is 63.9 Å². The van der Waals surface area contributed by atoms with Crippen LogP contribution in [-0.2, 0) is 25.7 Å². The fourth-order valence-corrected chi connectivity index (χ4v) is 8.07. The van der Waals surface area contributed by atoms with Crippen molar-refractivity contribution in [1.82, 2.24) is 15.1 Å². The number of aliphatic hydroxyl groups excluding tert-OH is 1. The van der Waals surface area contributed by atoms with Crippen molar-refractivity contribution in [3.05, 3.63) is 41.5 Å². The van der Waals surface area contributed by atoms with E-state index in [1.807, 2.05) is 12.1 Å². The first-order valence-electron chi connectivity index (χ1n) is 19.9. The van der Waals surface area contributed by atoms with Gasteiger partial charge in [0.05, 0.1) is 51.0 Å². The fourth-order valence-electron chi connectivity index (χ4n) is 8.07. The number of methoxy groups -OCH3 is 3. The van der Waals surface area contributed by atoms with E-state index in [4.69, 9.17) is 14.2 Å². The molecule has 3 aliphatic rings. The van der Waals surface area contributed by atoms with Crippen molar-refractivity contribution in [1.29, 1.82) is 0 Å². The highest BCUT2D eigenvalue weighted by Gasteiger charge is 2.48. The van der Waals surface area contributed by atoms with Crippen molar-refractivity contribution in [3.63, 3.8) is 0 Å². The molecule has 0 aromatic heterocycles. The number of ether oxygens (including phenoxy) is 3. The molecule has 2 saturated heterocycles. The van der Waals surface area contributed by atoms with Crippen molar-refractivity contribution < 1.29 is 38.5 Å². The molecule has 4 unspecified atom stereocenters. The molecule has 2 fully saturated rings. The van der Waals surface area contributed by atoms with Gasteiger partial charge in [0.15, 0.2) is 23.1 Å². The van der Waals surface area contributed by atoms with Crippen molar-refractivity contribution in [2.24, 2.45) is 5.92 Å². The molecule has 0 saturated carbocycles. The number of nitrogens with one attached hydrogen (secondary N) is 1. The van der Waals surface area contributed by atoms with Crippen LogP contribution in [0.2, 0.25) is 0 Å². The molecule has 0 amide bonds. The maximum Gasteiger partial charge on any atom is 0.236 e. The lowest BCUT2D eigenvalue weighted by Gasteiger charge is -2.40. The molecule has 1 aromatic carbocycles. The van der Waals surface area contributed by atoms with Gasteiger partial charge in [-0.25, -0.2) is 0 Å². The van der Waals surface area contributed by atoms with Gasteiger partial charge in [-0.2, -0.15) is 0 Å². The third kappa shape index (κ3) is 11.1. The van der Waals surface area contributed by atoms with E-state index in [2.05, 4.69) is 28.6 Å². The standard InChI is InChI=1S/C42H63N3O8/c1-6-7-8-9-10-11-12-13-14-15-16-17-18-32(40(50)36-35(33(46)27-43-36)38(48)31-21-19-29(2)37(47)39(31)49)45-25-23-44(24-26-45)28-30-20-22-34(51-3)42(53-5)41(30)52-4/h20-22,32-33,35-36,43,46H,2,6-19,23-28H2,1,3-5H3. The summed E-state index contributed by atoms with van der Waals surface area (Å²) in [5.41, 5.74) is 0.863. The first-order valence-corrected chi connectivity index (χ1v) is 19.9. The van der Waals surface area contributed by atoms with E-state index in [1.54, 1.807) is 21.3 Å². The fraction of sp³-hybridized carbons (Fsp3) is 0.667. The summed E-state index contributed by atoms with van der Waals surface area (Å²) < 4.78 is 16.8. The number of benzene rings is 1. The molecule has 294 valence electrons. The molecular weight excluding hydrogens is 674 g/mol. The van der Waals surface area contributed by atoms with Gasteiger partial charge in [-0.1, -0.05) is 103 Å². The molecule has 53 heavy (non-hydrogen) atoms. The van der Waals surface area contributed by atoms with Crippen LogP contribution in [0.1, 0.15) is 102 Å². The van der Waals surface area contributed by atoms with Crippen LogP contribution >= 0.6 is 0 Å². The molecule has 0 radical (unpaired) electrons. The number of carbonyl (C=O) groups excluding carboxylic acids is 4. The average Bonchev–Trinajstić information content (AvgIpc) is 3.56. The summed E-state index contributed by atoms with van der Waals surface area (Å²) in [6.07, 6.45) is 15.6. The SMILES string of the molecule is C=C1CC=C(C(=O)C2C(O)CNC2C(=O)C(CCCCCCCCCCCCCC)N2CCN(Cc3ccc(OC)c(OC)c3OC)CC2)C(=O)C1=O. The van der Waals surface area contributed by atoms with Gasteiger partial charge >= 0.3 is 0 Å². The number of rotatable bonds is 23. The van der Waals surface area contributed by atoms with E-state index in [-0.39, 0.29) is 29.9 Å². The Hall–Kier alpha value is -3.38. The number of hydrogen-bond acceptors (Lipinski definition) is 11. The lowest BCUT2D eigenvalue weighted by atomic mass is 9.80. The summed E-state index contributed by atoms with van der Waals surface area (Å²) in [4.78, 5) is 57.9. The predicted molar refractivity (Wildman–Crippen MR) is 206 cm³/mol. The van der Waals surface area contributed by atoms with Gasteiger partial charge in [0.25, 0.3) is 0 Å². The van der Waals surface area contributed by atoms with E-state index >= 15 is 0 Å². The second kappa shape index (κ2) is 21.5. The third-order valence-electron chi connectivity index (χ3n) is 11.2. The maximum atomic E-state index is 14.5. The monoisotopic (exact) mass is 737 g/mol. The number of Topliss-reactive ketones (excluding diaryl/α,β-unsaturated/α-hetero) is 4. The molecule has 1 aromatic rings. The Labute approximate surface area is 316 Å². The summed E-state index contributed by atoms with van der Waals surface area (Å²) in [5.74, 6) is -1.84. The first kappa shape index (κ1) is 42.4. The lowest BCUT2D eigenvalue weighted by Crippen LogP contribution is -2.56. The van der Waals surface area contributed by atoms with E-state index in [0.29, 0.717) is 43.3 Å². The number of nitrogens with zero attached hydrogens (tertiary/aromatic N) is 2. The van der Waals surface area contributed by atoms with E-state index < -0.39 is 41.5 Å². The lowest BCUT2D eigenvalue weighted by molar-refractivity contribution is -0.136. The van der Waals surface area contributed by atoms with Gasteiger partial charge in [0.2, 0.25) is 17.3 Å². The Morgan fingerprint density at radius 2 is 1.45 bits per heavy atom. The number of unbranched alkanes of at least 4 members (excludes halogenated alkanes) is 11. The van der Waals surface area contributed by atoms with Crippen LogP contribution < -0.4 is 19.5 Å². The summed E-state index contributed by atoms with van der Waals surface area (Å²) in [5, 5.41) is 14.1. The molecule has 11 nitrogen and oxygen atoms in total. The highest BCUT2D eigenvalue weighted by Crippen LogP contribution is 2.40. The third-order valence-corrected chi connectivity index (χ3v) is 11.2. The highest BCUT2D eigenvalue weighted by molar-refractivity contribution is 6.55. The van der Waals surface area contributed by atoms with Crippen LogP contribution in [0.3, 0.4) is 0 Å². The minimum atomic E-state index is -1.15. The number of piperazine rings is 1. The van der Waals surface area contributed by atoms with Crippen molar-refractivity contribution in [2.45, 2.75) is 122 Å². The molecule has 4 atom stereocenters. The molecule has 2 aliphatic heterocycles. The maximum absolute atomic E-state index is 14.5. The smallest absolute Gasteiger partial charge is 0.236 e. The second-order valence-electron chi connectivity index (χ2n) is 14.8. The minimum Gasteiger partial charge on any atom is -0.493 e. The van der Waals surface area contributed by atoms with Gasteiger partial charge in [-0.05, 0) is 18.9 Å². The average molecular weight is 738 g/mol. The summed E-state index contributed by atoms with van der Waals surface area (Å²) in [7, 11) is 4.80. The largest absolute Gasteiger partial charge is 0.493 e. The minimum absolute atomic E-state index is 0.0567. The molecule has 2 heterocycles. The van der Waals surface area contributed by atoms with Gasteiger partial charge in [-0.3, -0.25) is 29.0 Å². The molecule has 1 aliphatic carbocycles. The van der Waals surface area contributed by atoms with Gasteiger partial charge in [-0.15, -0.1) is 0 Å². The number of hydrogen-bond donors (Lipinski definition) is 2. The Bertz CT molecular complexity index is 1450. The number of carbonyl (C=O) groups is 4. The number of β-amino-alcohol motifs (C(OH)–C–C–N with tert-alkyl or cyclic N) is 1. The van der Waals surface area contributed by atoms with Crippen LogP contribution in [0.4, 0.5) is 0 Å². The Balaban J connectivity index is 1.41. The second-order valence-corrected chi connectivity index (χ2v) is 14.8.